The molecule has 6 aromatic carbocycles. The molecule has 1 spiro atoms. The molecule has 3 fully saturated rings. The standard InChI is InChI=1S/C77H91F7N8O8/c1-85(37-14-6-9-22-69(93)87(3)46-47-89-41-32-64(33-42-89)92(73(97)98)67-21-13-11-19-65(67)56-16-7-5-8-17-56)40-31-55-23-25-57(26-24-55)71(95)88(4)39-15-38-86(2)70(94)52-99-68-50-58-18-10-12-20-66(58)74(68)34-43-90(44-35-74)45-36-75(60-27-29-63(78)30-28-60)53-91(54-100-75)72(96)59-48-61(76(79,80)81)51-62(49-59)77(82,83)84/h5,7-8,10-13,16-21,23-30,48-49,51,64,68H,6,9,14-15,22,31-47,50,52-54H2,1-4H3,(H,97,98)/t68-,75+/m0/s1. The fourth-order valence-corrected chi connectivity index (χ4v) is 14.7. The molecule has 16 nitrogen and oxygen atoms in total. The van der Waals surface area contributed by atoms with Gasteiger partial charge in [0, 0.05) is 108 Å². The second-order valence-electron chi connectivity index (χ2n) is 27.4. The highest BCUT2D eigenvalue weighted by Gasteiger charge is 2.50. The quantitative estimate of drug-likeness (QED) is 0.0369. The summed E-state index contributed by atoms with van der Waals surface area (Å²) in [5, 5.41) is 10.4. The number of amides is 5. The number of ether oxygens (including phenoxy) is 2. The molecule has 3 saturated heterocycles. The Hall–Kier alpha value is -8.22. The topological polar surface area (TPSA) is 150 Å². The second kappa shape index (κ2) is 33.1. The Morgan fingerprint density at radius 3 is 1.94 bits per heavy atom. The highest BCUT2D eigenvalue weighted by Crippen LogP contribution is 2.49. The number of carbonyl (C=O) groups excluding carboxylic acids is 4. The molecule has 23 heteroatoms. The van der Waals surface area contributed by atoms with Crippen LogP contribution in [0.2, 0.25) is 0 Å². The smallest absolute Gasteiger partial charge is 0.416 e. The van der Waals surface area contributed by atoms with E-state index in [0.29, 0.717) is 113 Å². The number of likely N-dealkylation sites (tertiary alicyclic amines) is 2. The second-order valence-corrected chi connectivity index (χ2v) is 27.4. The Kier molecular flexibility index (Phi) is 24.6. The van der Waals surface area contributed by atoms with Gasteiger partial charge in [-0.15, -0.1) is 0 Å². The molecule has 5 amide bonds. The summed E-state index contributed by atoms with van der Waals surface area (Å²) in [7, 11) is 7.44. The molecule has 6 aromatic rings. The zero-order valence-electron chi connectivity index (χ0n) is 57.4. The van der Waals surface area contributed by atoms with Gasteiger partial charge >= 0.3 is 18.4 Å². The first-order valence-electron chi connectivity index (χ1n) is 34.6. The highest BCUT2D eigenvalue weighted by atomic mass is 19.4. The zero-order valence-corrected chi connectivity index (χ0v) is 57.4. The number of carbonyl (C=O) groups is 5. The summed E-state index contributed by atoms with van der Waals surface area (Å²) in [4.78, 5) is 81.3. The van der Waals surface area contributed by atoms with E-state index >= 15 is 0 Å². The third-order valence-corrected chi connectivity index (χ3v) is 20.7. The van der Waals surface area contributed by atoms with Gasteiger partial charge in [-0.1, -0.05) is 103 Å². The van der Waals surface area contributed by atoms with Crippen molar-refractivity contribution >= 4 is 35.4 Å². The lowest BCUT2D eigenvalue weighted by molar-refractivity contribution is -0.143. The molecule has 3 aliphatic heterocycles. The normalized spacial score (nSPS) is 18.1. The molecule has 0 bridgehead atoms. The van der Waals surface area contributed by atoms with Crippen molar-refractivity contribution in [2.24, 2.45) is 0 Å². The van der Waals surface area contributed by atoms with E-state index in [1.807, 2.05) is 103 Å². The molecule has 0 aromatic heterocycles. The fraction of sp³-hybridized carbons (Fsp3) is 0.468. The van der Waals surface area contributed by atoms with Crippen LogP contribution in [0.4, 0.5) is 41.2 Å². The van der Waals surface area contributed by atoms with Crippen molar-refractivity contribution in [1.29, 1.82) is 0 Å². The van der Waals surface area contributed by atoms with Gasteiger partial charge in [-0.2, -0.15) is 26.3 Å². The van der Waals surface area contributed by atoms with E-state index in [-0.39, 0.29) is 55.5 Å². The number of nitrogens with zero attached hydrogens (tertiary/aromatic N) is 8. The number of hydrogen-bond acceptors (Lipinski definition) is 10. The number of rotatable bonds is 28. The molecule has 0 unspecified atom stereocenters. The van der Waals surface area contributed by atoms with E-state index in [0.717, 1.165) is 85.6 Å². The van der Waals surface area contributed by atoms with Gasteiger partial charge in [-0.05, 0) is 167 Å². The van der Waals surface area contributed by atoms with Crippen molar-refractivity contribution in [1.82, 2.24) is 34.3 Å². The van der Waals surface area contributed by atoms with E-state index in [9.17, 15) is 59.8 Å². The summed E-state index contributed by atoms with van der Waals surface area (Å²) in [6.07, 6.45) is -3.32. The van der Waals surface area contributed by atoms with E-state index in [4.69, 9.17) is 9.47 Å². The summed E-state index contributed by atoms with van der Waals surface area (Å²) in [6.45, 7) is 6.31. The van der Waals surface area contributed by atoms with E-state index in [1.54, 1.807) is 23.9 Å². The Morgan fingerprint density at radius 2 is 1.26 bits per heavy atom. The van der Waals surface area contributed by atoms with Crippen LogP contribution in [0.15, 0.2) is 146 Å². The molecular formula is C77H91F7N8O8. The Labute approximate surface area is 581 Å². The van der Waals surface area contributed by atoms with Gasteiger partial charge in [-0.25, -0.2) is 9.18 Å². The minimum atomic E-state index is -5.15. The van der Waals surface area contributed by atoms with Crippen molar-refractivity contribution in [2.75, 3.05) is 125 Å². The third-order valence-electron chi connectivity index (χ3n) is 20.7. The van der Waals surface area contributed by atoms with Gasteiger partial charge in [-0.3, -0.25) is 24.1 Å². The number of alkyl halides is 6. The van der Waals surface area contributed by atoms with Crippen molar-refractivity contribution in [3.8, 4) is 11.1 Å². The first kappa shape index (κ1) is 74.5. The maximum absolute atomic E-state index is 14.3. The number of para-hydroxylation sites is 1. The van der Waals surface area contributed by atoms with Gasteiger partial charge in [0.15, 0.2) is 0 Å². The Morgan fingerprint density at radius 1 is 0.630 bits per heavy atom. The number of likely N-dealkylation sites (N-methyl/N-ethyl adjacent to an activating group) is 3. The van der Waals surface area contributed by atoms with Gasteiger partial charge in [0.05, 0.1) is 29.5 Å². The lowest BCUT2D eigenvalue weighted by Gasteiger charge is -2.44. The number of benzene rings is 6. The van der Waals surface area contributed by atoms with Gasteiger partial charge in [0.25, 0.3) is 11.8 Å². The summed E-state index contributed by atoms with van der Waals surface area (Å²) >= 11 is 0. The van der Waals surface area contributed by atoms with Crippen molar-refractivity contribution in [3.63, 3.8) is 0 Å². The van der Waals surface area contributed by atoms with Crippen LogP contribution in [0.25, 0.3) is 11.1 Å². The molecule has 10 rings (SSSR count). The number of fused-ring (bicyclic) bond motifs is 2. The van der Waals surface area contributed by atoms with E-state index in [2.05, 4.69) is 33.9 Å². The van der Waals surface area contributed by atoms with Crippen LogP contribution in [-0.2, 0) is 55.3 Å². The summed E-state index contributed by atoms with van der Waals surface area (Å²) < 4.78 is 110. The zero-order chi connectivity index (χ0) is 71.4. The first-order chi connectivity index (χ1) is 47.8. The molecule has 0 saturated carbocycles. The van der Waals surface area contributed by atoms with Crippen LogP contribution in [0.1, 0.15) is 118 Å². The van der Waals surface area contributed by atoms with E-state index in [1.165, 1.54) is 34.7 Å². The van der Waals surface area contributed by atoms with Gasteiger partial charge < -0.3 is 48.9 Å². The molecule has 100 heavy (non-hydrogen) atoms. The lowest BCUT2D eigenvalue weighted by Crippen LogP contribution is -2.50. The number of anilines is 1. The van der Waals surface area contributed by atoms with Crippen molar-refractivity contribution in [3.05, 3.63) is 196 Å². The molecule has 2 atom stereocenters. The third kappa shape index (κ3) is 18.5. The summed E-state index contributed by atoms with van der Waals surface area (Å²) in [5.74, 6) is -1.77. The summed E-state index contributed by atoms with van der Waals surface area (Å²) in [6, 6.07) is 39.5. The number of piperidine rings is 2. The van der Waals surface area contributed by atoms with Crippen LogP contribution >= 0.6 is 0 Å². The average Bonchev–Trinajstić information content (AvgIpc) is 1.62. The van der Waals surface area contributed by atoms with Crippen LogP contribution in [0, 0.1) is 5.82 Å². The molecule has 0 radical (unpaired) electrons. The molecule has 1 N–H and O–H groups in total. The summed E-state index contributed by atoms with van der Waals surface area (Å²) in [5.41, 5.74) is 1.39. The molecule has 3 heterocycles. The predicted molar refractivity (Wildman–Crippen MR) is 368 cm³/mol. The molecule has 1 aliphatic carbocycles. The highest BCUT2D eigenvalue weighted by molar-refractivity contribution is 5.96. The van der Waals surface area contributed by atoms with Gasteiger partial charge in [0.1, 0.15) is 24.8 Å². The maximum atomic E-state index is 14.3. The van der Waals surface area contributed by atoms with E-state index < -0.39 is 64.6 Å². The number of halogens is 7. The average molecular weight is 1390 g/mol. The Bertz CT molecular complexity index is 3720. The maximum Gasteiger partial charge on any atom is 0.416 e. The number of carboxylic acid groups (broad SMARTS) is 1. The first-order valence-corrected chi connectivity index (χ1v) is 34.6. The molecular weight excluding hydrogens is 1300 g/mol. The van der Waals surface area contributed by atoms with Gasteiger partial charge in [0.2, 0.25) is 11.8 Å². The minimum absolute atomic E-state index is 0.0275. The lowest BCUT2D eigenvalue weighted by atomic mass is 9.72. The van der Waals surface area contributed by atoms with Crippen LogP contribution in [0.3, 0.4) is 0 Å². The number of hydrogen-bond donors (Lipinski definition) is 1. The monoisotopic (exact) mass is 1390 g/mol. The minimum Gasteiger partial charge on any atom is -0.465 e. The largest absolute Gasteiger partial charge is 0.465 e. The van der Waals surface area contributed by atoms with Crippen LogP contribution < -0.4 is 4.90 Å². The number of unbranched alkanes of at least 4 members (excludes halogenated alkanes) is 2. The van der Waals surface area contributed by atoms with Crippen molar-refractivity contribution < 1.29 is 69.3 Å². The van der Waals surface area contributed by atoms with Crippen LogP contribution in [0.5, 0.6) is 0 Å². The Balaban J connectivity index is 0.606. The predicted octanol–water partition coefficient (Wildman–Crippen LogP) is 13.0. The van der Waals surface area contributed by atoms with Crippen molar-refractivity contribution in [2.45, 2.75) is 113 Å². The fourth-order valence-electron chi connectivity index (χ4n) is 14.7. The molecule has 536 valence electrons. The SMILES string of the molecule is CN(CCCCCC(=O)N(C)CCN1CCC(N(C(=O)O)c2ccccc2-c2ccccc2)CC1)CCc1ccc(C(=O)N(C)CCCN(C)C(=O)CO[C@H]2Cc3ccccc3C23CCN(CC[C@]2(c4ccc(F)cc4)CN(C(=O)c4cc(C(F)(F)F)cc(C(F)(F)F)c4)CO2)CC3)cc1. The van der Waals surface area contributed by atoms with Crippen LogP contribution in [-0.4, -0.2) is 201 Å². The molecule has 4 aliphatic rings.